The van der Waals surface area contributed by atoms with Gasteiger partial charge in [0.15, 0.2) is 0 Å². The van der Waals surface area contributed by atoms with E-state index >= 15 is 0 Å². The summed E-state index contributed by atoms with van der Waals surface area (Å²) in [5.41, 5.74) is 11.0. The molecule has 0 bridgehead atoms. The standard InChI is InChI=1S/C27H42OSi/c1-10-24(18-20-29(21(3)4,22(5)6)23(7)8)26(11-2)27(17-19-28-9)25-15-13-12-14-16-25/h12-17,21-23H,10-11,19H2,1-9H3/b26-24-,27-17+. The third-order valence-corrected chi connectivity index (χ3v) is 12.5. The average molecular weight is 411 g/mol. The summed E-state index contributed by atoms with van der Waals surface area (Å²) in [6.45, 7) is 19.4. The summed E-state index contributed by atoms with van der Waals surface area (Å²) in [5, 5.41) is 0. The average Bonchev–Trinajstić information content (AvgIpc) is 2.69. The molecule has 0 aromatic heterocycles. The topological polar surface area (TPSA) is 9.23 Å². The van der Waals surface area contributed by atoms with Gasteiger partial charge in [-0.2, -0.15) is 0 Å². The Morgan fingerprint density at radius 2 is 1.48 bits per heavy atom. The molecule has 0 fully saturated rings. The summed E-state index contributed by atoms with van der Waals surface area (Å²) >= 11 is 0. The molecule has 2 heteroatoms. The molecule has 0 unspecified atom stereocenters. The number of hydrogen-bond donors (Lipinski definition) is 0. The summed E-state index contributed by atoms with van der Waals surface area (Å²) in [6.07, 6.45) is 4.15. The van der Waals surface area contributed by atoms with Gasteiger partial charge in [-0.05, 0) is 46.2 Å². The lowest BCUT2D eigenvalue weighted by molar-refractivity contribution is 0.234. The minimum Gasteiger partial charge on any atom is -0.381 e. The van der Waals surface area contributed by atoms with Gasteiger partial charge in [0.05, 0.1) is 6.61 Å². The minimum absolute atomic E-state index is 0.612. The van der Waals surface area contributed by atoms with Crippen molar-refractivity contribution in [3.8, 4) is 11.5 Å². The van der Waals surface area contributed by atoms with Gasteiger partial charge < -0.3 is 4.74 Å². The Kier molecular flexibility index (Phi) is 10.7. The van der Waals surface area contributed by atoms with Gasteiger partial charge in [0, 0.05) is 12.7 Å². The molecule has 0 atom stereocenters. The van der Waals surface area contributed by atoms with E-state index in [4.69, 9.17) is 4.74 Å². The Balaban J connectivity index is 3.65. The zero-order chi connectivity index (χ0) is 22.0. The van der Waals surface area contributed by atoms with Gasteiger partial charge in [0.2, 0.25) is 0 Å². The highest BCUT2D eigenvalue weighted by atomic mass is 28.3. The fourth-order valence-corrected chi connectivity index (χ4v) is 9.99. The summed E-state index contributed by atoms with van der Waals surface area (Å²) in [7, 11) is 0.00871. The van der Waals surface area contributed by atoms with Crippen LogP contribution < -0.4 is 0 Å². The van der Waals surface area contributed by atoms with Gasteiger partial charge in [-0.1, -0.05) is 97.7 Å². The first kappa shape index (κ1) is 25.5. The van der Waals surface area contributed by atoms with Gasteiger partial charge >= 0.3 is 0 Å². The second-order valence-corrected chi connectivity index (χ2v) is 14.3. The molecule has 1 aromatic rings. The molecule has 160 valence electrons. The Morgan fingerprint density at radius 1 is 0.931 bits per heavy atom. The van der Waals surface area contributed by atoms with Gasteiger partial charge in [-0.15, -0.1) is 5.54 Å². The number of methoxy groups -OCH3 is 1. The van der Waals surface area contributed by atoms with E-state index in [1.165, 1.54) is 22.3 Å². The molecule has 29 heavy (non-hydrogen) atoms. The maximum Gasteiger partial charge on any atom is 0.146 e. The van der Waals surface area contributed by atoms with E-state index < -0.39 is 8.07 Å². The van der Waals surface area contributed by atoms with Crippen molar-refractivity contribution < 1.29 is 4.74 Å². The monoisotopic (exact) mass is 410 g/mol. The highest BCUT2D eigenvalue weighted by Gasteiger charge is 2.41. The second-order valence-electron chi connectivity index (χ2n) is 8.75. The number of hydrogen-bond acceptors (Lipinski definition) is 1. The van der Waals surface area contributed by atoms with Crippen LogP contribution in [0.25, 0.3) is 5.57 Å². The molecular weight excluding hydrogens is 368 g/mol. The molecule has 0 heterocycles. The number of rotatable bonds is 9. The first-order valence-electron chi connectivity index (χ1n) is 11.3. The molecule has 1 nitrogen and oxygen atoms in total. The molecule has 0 aliphatic carbocycles. The Labute approximate surface area is 181 Å². The zero-order valence-corrected chi connectivity index (χ0v) is 21.2. The lowest BCUT2D eigenvalue weighted by Gasteiger charge is -2.38. The van der Waals surface area contributed by atoms with E-state index in [1.54, 1.807) is 7.11 Å². The van der Waals surface area contributed by atoms with E-state index in [1.807, 2.05) is 0 Å². The fourth-order valence-electron chi connectivity index (χ4n) is 4.76. The fraction of sp³-hybridized carbons (Fsp3) is 0.556. The van der Waals surface area contributed by atoms with Crippen LogP contribution in [0.2, 0.25) is 16.6 Å². The molecule has 0 saturated carbocycles. The summed E-state index contributed by atoms with van der Waals surface area (Å²) in [6, 6.07) is 10.7. The number of allylic oxidation sites excluding steroid dienone is 3. The summed E-state index contributed by atoms with van der Waals surface area (Å²) in [5.74, 6) is 3.74. The van der Waals surface area contributed by atoms with Crippen molar-refractivity contribution in [1.29, 1.82) is 0 Å². The van der Waals surface area contributed by atoms with Crippen molar-refractivity contribution in [2.75, 3.05) is 13.7 Å². The molecule has 0 spiro atoms. The van der Waals surface area contributed by atoms with E-state index in [-0.39, 0.29) is 0 Å². The maximum atomic E-state index is 5.38. The Hall–Kier alpha value is -1.56. The van der Waals surface area contributed by atoms with E-state index in [2.05, 4.69) is 103 Å². The number of benzene rings is 1. The molecule has 1 rings (SSSR count). The first-order valence-corrected chi connectivity index (χ1v) is 13.5. The smallest absolute Gasteiger partial charge is 0.146 e. The lowest BCUT2D eigenvalue weighted by Crippen LogP contribution is -2.43. The molecular formula is C27H42OSi. The van der Waals surface area contributed by atoms with Crippen LogP contribution >= 0.6 is 0 Å². The van der Waals surface area contributed by atoms with E-state index in [0.717, 1.165) is 12.8 Å². The van der Waals surface area contributed by atoms with Crippen LogP contribution in [0.5, 0.6) is 0 Å². The van der Waals surface area contributed by atoms with Crippen molar-refractivity contribution in [2.24, 2.45) is 0 Å². The normalized spacial score (nSPS) is 13.6. The summed E-state index contributed by atoms with van der Waals surface area (Å²) < 4.78 is 5.38. The van der Waals surface area contributed by atoms with Crippen molar-refractivity contribution in [1.82, 2.24) is 0 Å². The SMILES string of the molecule is CC/C(C#C[Si](C(C)C)(C(C)C)C(C)C)=C(CC)/C(=C/COC)c1ccccc1. The molecule has 0 aliphatic heterocycles. The highest BCUT2D eigenvalue weighted by molar-refractivity contribution is 6.90. The van der Waals surface area contributed by atoms with Gasteiger partial charge in [0.1, 0.15) is 8.07 Å². The molecule has 0 radical (unpaired) electrons. The van der Waals surface area contributed by atoms with Crippen LogP contribution in [-0.2, 0) is 4.74 Å². The van der Waals surface area contributed by atoms with E-state index in [9.17, 15) is 0 Å². The van der Waals surface area contributed by atoms with Crippen LogP contribution in [0.1, 0.15) is 73.8 Å². The minimum atomic E-state index is -1.74. The molecule has 0 amide bonds. The summed E-state index contributed by atoms with van der Waals surface area (Å²) in [4.78, 5) is 0. The predicted octanol–water partition coefficient (Wildman–Crippen LogP) is 8.05. The molecule has 0 N–H and O–H groups in total. The Bertz CT molecular complexity index is 720. The van der Waals surface area contributed by atoms with Gasteiger partial charge in [-0.3, -0.25) is 0 Å². The first-order chi connectivity index (χ1) is 13.8. The molecule has 0 saturated heterocycles. The third kappa shape index (κ3) is 6.21. The maximum absolute atomic E-state index is 5.38. The largest absolute Gasteiger partial charge is 0.381 e. The van der Waals surface area contributed by atoms with Crippen LogP contribution in [0.3, 0.4) is 0 Å². The van der Waals surface area contributed by atoms with Crippen LogP contribution in [0, 0.1) is 11.5 Å². The highest BCUT2D eigenvalue weighted by Crippen LogP contribution is 2.41. The van der Waals surface area contributed by atoms with Crippen molar-refractivity contribution >= 4 is 13.6 Å². The second kappa shape index (κ2) is 12.2. The van der Waals surface area contributed by atoms with Gasteiger partial charge in [0.25, 0.3) is 0 Å². The van der Waals surface area contributed by atoms with Crippen LogP contribution in [0.15, 0.2) is 47.6 Å². The quantitative estimate of drug-likeness (QED) is 0.227. The Morgan fingerprint density at radius 3 is 1.90 bits per heavy atom. The molecule has 0 aliphatic rings. The predicted molar refractivity (Wildman–Crippen MR) is 133 cm³/mol. The van der Waals surface area contributed by atoms with Gasteiger partial charge in [-0.25, -0.2) is 0 Å². The lowest BCUT2D eigenvalue weighted by atomic mass is 9.91. The van der Waals surface area contributed by atoms with Crippen molar-refractivity contribution in [2.45, 2.75) is 84.9 Å². The van der Waals surface area contributed by atoms with Crippen molar-refractivity contribution in [3.05, 3.63) is 53.1 Å². The van der Waals surface area contributed by atoms with E-state index in [0.29, 0.717) is 23.2 Å². The van der Waals surface area contributed by atoms with Crippen LogP contribution in [-0.4, -0.2) is 21.8 Å². The van der Waals surface area contributed by atoms with Crippen LogP contribution in [0.4, 0.5) is 0 Å². The zero-order valence-electron chi connectivity index (χ0n) is 20.2. The third-order valence-electron chi connectivity index (χ3n) is 6.23. The van der Waals surface area contributed by atoms with Crippen molar-refractivity contribution in [3.63, 3.8) is 0 Å². The number of ether oxygens (including phenoxy) is 1. The molecule has 1 aromatic carbocycles.